The number of imidazole rings is 1. The monoisotopic (exact) mass is 410 g/mol. The lowest BCUT2D eigenvalue weighted by Gasteiger charge is -2.33. The van der Waals surface area contributed by atoms with Gasteiger partial charge in [0.1, 0.15) is 11.4 Å². The second-order valence-electron chi connectivity index (χ2n) is 8.35. The fourth-order valence-electron chi connectivity index (χ4n) is 3.36. The topological polar surface area (TPSA) is 124 Å². The summed E-state index contributed by atoms with van der Waals surface area (Å²) >= 11 is 0. The molecule has 0 atom stereocenters. The van der Waals surface area contributed by atoms with Gasteiger partial charge in [0.2, 0.25) is 5.95 Å². The zero-order chi connectivity index (χ0) is 21.3. The van der Waals surface area contributed by atoms with Gasteiger partial charge in [-0.3, -0.25) is 0 Å². The number of nitrogens with one attached hydrogen (secondary N) is 1. The molecule has 3 aromatic heterocycles. The van der Waals surface area contributed by atoms with Crippen molar-refractivity contribution in [3.05, 3.63) is 30.7 Å². The van der Waals surface area contributed by atoms with Crippen molar-refractivity contribution in [1.29, 1.82) is 0 Å². The first kappa shape index (κ1) is 19.9. The maximum Gasteiger partial charge on any atom is 0.410 e. The van der Waals surface area contributed by atoms with E-state index in [0.717, 1.165) is 35.6 Å². The van der Waals surface area contributed by atoms with Crippen molar-refractivity contribution in [1.82, 2.24) is 29.5 Å². The van der Waals surface area contributed by atoms with E-state index in [4.69, 9.17) is 10.5 Å². The van der Waals surface area contributed by atoms with E-state index >= 15 is 0 Å². The molecule has 0 aliphatic carbocycles. The zero-order valence-corrected chi connectivity index (χ0v) is 17.4. The number of nitrogen functional groups attached to an aromatic ring is 1. The number of amides is 1. The smallest absolute Gasteiger partial charge is 0.410 e. The minimum atomic E-state index is -0.483. The minimum Gasteiger partial charge on any atom is -0.444 e. The van der Waals surface area contributed by atoms with E-state index in [1.807, 2.05) is 32.9 Å². The lowest BCUT2D eigenvalue weighted by molar-refractivity contribution is 0.0210. The van der Waals surface area contributed by atoms with Crippen LogP contribution in [0.1, 0.15) is 33.6 Å². The molecule has 0 aromatic carbocycles. The van der Waals surface area contributed by atoms with Crippen LogP contribution in [0.5, 0.6) is 0 Å². The Morgan fingerprint density at radius 2 is 1.83 bits per heavy atom. The fourth-order valence-corrected chi connectivity index (χ4v) is 3.36. The second kappa shape index (κ2) is 7.77. The van der Waals surface area contributed by atoms with Crippen LogP contribution in [0.15, 0.2) is 30.7 Å². The highest BCUT2D eigenvalue weighted by Gasteiger charge is 2.27. The number of nitrogens with two attached hydrogens (primary N) is 1. The number of carbonyl (C=O) groups is 1. The minimum absolute atomic E-state index is 0.223. The number of hydrogen-bond acceptors (Lipinski definition) is 8. The van der Waals surface area contributed by atoms with E-state index in [1.54, 1.807) is 28.0 Å². The number of piperidine rings is 1. The van der Waals surface area contributed by atoms with E-state index in [0.29, 0.717) is 13.1 Å². The number of nitrogens with zero attached hydrogens (tertiary/aromatic N) is 6. The summed E-state index contributed by atoms with van der Waals surface area (Å²) < 4.78 is 7.22. The first-order valence-corrected chi connectivity index (χ1v) is 9.96. The molecule has 1 fully saturated rings. The number of anilines is 2. The molecule has 4 rings (SSSR count). The maximum atomic E-state index is 12.2. The van der Waals surface area contributed by atoms with Gasteiger partial charge in [-0.25, -0.2) is 24.3 Å². The van der Waals surface area contributed by atoms with Gasteiger partial charge in [0.05, 0.1) is 11.9 Å². The molecule has 1 amide bonds. The Labute approximate surface area is 174 Å². The van der Waals surface area contributed by atoms with Crippen molar-refractivity contribution in [2.24, 2.45) is 0 Å². The van der Waals surface area contributed by atoms with Crippen LogP contribution in [-0.4, -0.2) is 60.3 Å². The number of hydrogen-bond donors (Lipinski definition) is 2. The first-order valence-electron chi connectivity index (χ1n) is 9.96. The molecular formula is C20H26N8O2. The number of likely N-dealkylation sites (tertiary alicyclic amines) is 1. The van der Waals surface area contributed by atoms with E-state index < -0.39 is 5.60 Å². The van der Waals surface area contributed by atoms with Crippen molar-refractivity contribution in [3.63, 3.8) is 0 Å². The van der Waals surface area contributed by atoms with Crippen LogP contribution in [0.3, 0.4) is 0 Å². The molecule has 0 radical (unpaired) electrons. The Balaban J connectivity index is 1.43. The molecule has 0 unspecified atom stereocenters. The molecule has 1 aliphatic heterocycles. The van der Waals surface area contributed by atoms with Crippen LogP contribution in [0.25, 0.3) is 16.9 Å². The molecule has 10 nitrogen and oxygen atoms in total. The maximum absolute atomic E-state index is 12.2. The third-order valence-corrected chi connectivity index (χ3v) is 4.83. The Morgan fingerprint density at radius 3 is 2.50 bits per heavy atom. The summed E-state index contributed by atoms with van der Waals surface area (Å²) in [6, 6.07) is 4.04. The van der Waals surface area contributed by atoms with Crippen LogP contribution in [0.4, 0.5) is 16.6 Å². The Morgan fingerprint density at radius 1 is 1.13 bits per heavy atom. The molecule has 0 bridgehead atoms. The Hall–Kier alpha value is -3.43. The number of carbonyl (C=O) groups excluding carboxylic acids is 1. The molecule has 3 aromatic rings. The van der Waals surface area contributed by atoms with Crippen molar-refractivity contribution in [2.45, 2.75) is 45.3 Å². The summed E-state index contributed by atoms with van der Waals surface area (Å²) in [6.07, 6.45) is 6.43. The van der Waals surface area contributed by atoms with Crippen molar-refractivity contribution in [2.75, 3.05) is 24.1 Å². The molecule has 158 valence electrons. The zero-order valence-electron chi connectivity index (χ0n) is 17.4. The highest BCUT2D eigenvalue weighted by atomic mass is 16.6. The van der Waals surface area contributed by atoms with Crippen LogP contribution in [-0.2, 0) is 4.74 Å². The van der Waals surface area contributed by atoms with Gasteiger partial charge in [-0.05, 0) is 45.7 Å². The van der Waals surface area contributed by atoms with Gasteiger partial charge in [0.25, 0.3) is 0 Å². The van der Waals surface area contributed by atoms with E-state index in [9.17, 15) is 4.79 Å². The molecule has 3 N–H and O–H groups in total. The molecule has 0 saturated carbocycles. The standard InChI is InChI=1S/C20H26N8O2/c1-20(2,3)30-19(29)27-8-6-14(7-9-27)25-16-4-5-17-22-12-15(28(17)26-16)13-10-23-18(21)24-11-13/h4-5,10-12,14H,6-9H2,1-3H3,(H,25,26)(H2,21,23,24). The predicted octanol–water partition coefficient (Wildman–Crippen LogP) is 2.58. The summed E-state index contributed by atoms with van der Waals surface area (Å²) in [5.41, 5.74) is 7.39. The van der Waals surface area contributed by atoms with Gasteiger partial charge in [0, 0.05) is 37.1 Å². The van der Waals surface area contributed by atoms with Gasteiger partial charge in [0.15, 0.2) is 5.65 Å². The molecule has 0 spiro atoms. The van der Waals surface area contributed by atoms with Crippen LogP contribution in [0.2, 0.25) is 0 Å². The molecule has 30 heavy (non-hydrogen) atoms. The molecular weight excluding hydrogens is 384 g/mol. The highest BCUT2D eigenvalue weighted by molar-refractivity contribution is 5.68. The third kappa shape index (κ3) is 4.42. The quantitative estimate of drug-likeness (QED) is 0.675. The average molecular weight is 410 g/mol. The van der Waals surface area contributed by atoms with E-state index in [-0.39, 0.29) is 18.1 Å². The predicted molar refractivity (Wildman–Crippen MR) is 113 cm³/mol. The highest BCUT2D eigenvalue weighted by Crippen LogP contribution is 2.22. The molecule has 10 heteroatoms. The summed E-state index contributed by atoms with van der Waals surface area (Å²) in [7, 11) is 0. The number of rotatable bonds is 3. The molecule has 4 heterocycles. The largest absolute Gasteiger partial charge is 0.444 e. The van der Waals surface area contributed by atoms with Gasteiger partial charge >= 0.3 is 6.09 Å². The fraction of sp³-hybridized carbons (Fsp3) is 0.450. The Kier molecular flexibility index (Phi) is 5.15. The van der Waals surface area contributed by atoms with Crippen molar-refractivity contribution in [3.8, 4) is 11.3 Å². The van der Waals surface area contributed by atoms with Gasteiger partial charge in [-0.15, -0.1) is 5.10 Å². The number of ether oxygens (including phenoxy) is 1. The van der Waals surface area contributed by atoms with Crippen molar-refractivity contribution < 1.29 is 9.53 Å². The van der Waals surface area contributed by atoms with Crippen LogP contribution in [0, 0.1) is 0 Å². The van der Waals surface area contributed by atoms with Crippen molar-refractivity contribution >= 4 is 23.5 Å². The Bertz CT molecular complexity index is 1030. The van der Waals surface area contributed by atoms with Crippen LogP contribution >= 0.6 is 0 Å². The van der Waals surface area contributed by atoms with Gasteiger partial charge in [-0.1, -0.05) is 0 Å². The van der Waals surface area contributed by atoms with Gasteiger partial charge in [-0.2, -0.15) is 0 Å². The van der Waals surface area contributed by atoms with Crippen LogP contribution < -0.4 is 11.1 Å². The SMILES string of the molecule is CC(C)(C)OC(=O)N1CCC(Nc2ccc3ncc(-c4cnc(N)nc4)n3n2)CC1. The van der Waals surface area contributed by atoms with E-state index in [2.05, 4.69) is 25.4 Å². The first-order chi connectivity index (χ1) is 14.3. The number of aromatic nitrogens is 5. The summed E-state index contributed by atoms with van der Waals surface area (Å²) in [6.45, 7) is 6.92. The normalized spacial score (nSPS) is 15.4. The summed E-state index contributed by atoms with van der Waals surface area (Å²) in [4.78, 5) is 26.5. The number of fused-ring (bicyclic) bond motifs is 1. The third-order valence-electron chi connectivity index (χ3n) is 4.83. The average Bonchev–Trinajstić information content (AvgIpc) is 3.11. The van der Waals surface area contributed by atoms with Gasteiger partial charge < -0.3 is 20.7 Å². The lowest BCUT2D eigenvalue weighted by Crippen LogP contribution is -2.44. The molecule has 1 saturated heterocycles. The summed E-state index contributed by atoms with van der Waals surface area (Å²) in [5.74, 6) is 0.967. The lowest BCUT2D eigenvalue weighted by atomic mass is 10.1. The molecule has 1 aliphatic rings. The summed E-state index contributed by atoms with van der Waals surface area (Å²) in [5, 5.41) is 8.15. The van der Waals surface area contributed by atoms with E-state index in [1.165, 1.54) is 0 Å². The second-order valence-corrected chi connectivity index (χ2v) is 8.35.